The number of phenols is 1. The second kappa shape index (κ2) is 27.6. The van der Waals surface area contributed by atoms with E-state index in [1.54, 1.807) is 0 Å². The van der Waals surface area contributed by atoms with E-state index in [0.717, 1.165) is 54.7 Å². The van der Waals surface area contributed by atoms with Gasteiger partial charge in [-0.3, -0.25) is 33.6 Å². The molecule has 394 valence electrons. The van der Waals surface area contributed by atoms with Crippen molar-refractivity contribution in [3.05, 3.63) is 29.8 Å². The highest BCUT2D eigenvalue weighted by Crippen LogP contribution is 2.26. The number of benzene rings is 1. The molecule has 14 atom stereocenters. The van der Waals surface area contributed by atoms with Gasteiger partial charge in [0, 0.05) is 44.7 Å². The number of aromatic hydroxyl groups is 1. The van der Waals surface area contributed by atoms with Crippen LogP contribution in [0.1, 0.15) is 117 Å². The average molecular weight is 992 g/mol. The molecule has 3 heterocycles. The number of hydrogen-bond acceptors (Lipinski definition) is 15. The predicted molar refractivity (Wildman–Crippen MR) is 252 cm³/mol. The Balaban J connectivity index is 1.63. The Morgan fingerprint density at radius 3 is 1.97 bits per heavy atom. The van der Waals surface area contributed by atoms with Crippen molar-refractivity contribution in [3.63, 3.8) is 0 Å². The monoisotopic (exact) mass is 992 g/mol. The van der Waals surface area contributed by atoms with Gasteiger partial charge in [-0.05, 0) is 37.0 Å². The van der Waals surface area contributed by atoms with E-state index in [4.69, 9.17) is 0 Å². The Bertz CT molecular complexity index is 1910. The van der Waals surface area contributed by atoms with Gasteiger partial charge >= 0.3 is 0 Å². The normalized spacial score (nSPS) is 30.0. The maximum Gasteiger partial charge on any atom is 0.248 e. The number of carbonyl (C=O) groups is 7. The summed E-state index contributed by atoms with van der Waals surface area (Å²) in [5, 5.41) is 98.5. The van der Waals surface area contributed by atoms with Crippen LogP contribution in [0.2, 0.25) is 0 Å². The lowest BCUT2D eigenvalue weighted by Crippen LogP contribution is -2.63. The van der Waals surface area contributed by atoms with Crippen molar-refractivity contribution in [3.8, 4) is 5.75 Å². The molecule has 22 nitrogen and oxygen atoms in total. The minimum Gasteiger partial charge on any atom is -0.508 e. The molecule has 3 saturated heterocycles. The van der Waals surface area contributed by atoms with Crippen LogP contribution >= 0.6 is 0 Å². The lowest BCUT2D eigenvalue weighted by Gasteiger charge is -2.32. The van der Waals surface area contributed by atoms with Gasteiger partial charge in [0.2, 0.25) is 41.4 Å². The third-order valence-electron chi connectivity index (χ3n) is 13.7. The van der Waals surface area contributed by atoms with Gasteiger partial charge in [0.05, 0.1) is 31.0 Å². The molecule has 0 radical (unpaired) electrons. The van der Waals surface area contributed by atoms with Gasteiger partial charge in [-0.25, -0.2) is 0 Å². The number of aliphatic hydroxyl groups is 7. The third kappa shape index (κ3) is 16.3. The number of hydrogen-bond donors (Lipinski definition) is 13. The predicted octanol–water partition coefficient (Wildman–Crippen LogP) is -2.08. The fourth-order valence-corrected chi connectivity index (χ4v) is 9.14. The van der Waals surface area contributed by atoms with Gasteiger partial charge in [0.1, 0.15) is 48.1 Å². The molecular formula is C48H77N7O15. The molecule has 13 N–H and O–H groups in total. The first-order valence-corrected chi connectivity index (χ1v) is 24.8. The number of fused-ring (bicyclic) bond motifs is 2. The van der Waals surface area contributed by atoms with Gasteiger partial charge in [-0.1, -0.05) is 90.7 Å². The van der Waals surface area contributed by atoms with Crippen LogP contribution in [-0.2, 0) is 40.0 Å². The van der Waals surface area contributed by atoms with Crippen molar-refractivity contribution in [2.45, 2.75) is 191 Å². The Hall–Kier alpha value is -4.97. The molecule has 0 spiro atoms. The van der Waals surface area contributed by atoms with Crippen LogP contribution in [0.4, 0.5) is 0 Å². The molecule has 0 saturated carbocycles. The topological polar surface area (TPSA) is 348 Å². The molecule has 3 fully saturated rings. The van der Waals surface area contributed by atoms with Gasteiger partial charge in [0.25, 0.3) is 0 Å². The zero-order valence-electron chi connectivity index (χ0n) is 40.7. The van der Waals surface area contributed by atoms with Crippen molar-refractivity contribution >= 4 is 41.4 Å². The highest BCUT2D eigenvalue weighted by molar-refractivity contribution is 5.98. The van der Waals surface area contributed by atoms with E-state index >= 15 is 0 Å². The molecule has 0 aromatic heterocycles. The maximum atomic E-state index is 14.3. The molecule has 3 aliphatic rings. The molecule has 3 aliphatic heterocycles. The number of nitrogens with one attached hydrogen (secondary N) is 5. The quantitative estimate of drug-likeness (QED) is 0.0703. The molecule has 0 bridgehead atoms. The summed E-state index contributed by atoms with van der Waals surface area (Å²) in [6, 6.07) is -5.18. The zero-order valence-corrected chi connectivity index (χ0v) is 40.7. The van der Waals surface area contributed by atoms with E-state index in [9.17, 15) is 74.4 Å². The lowest BCUT2D eigenvalue weighted by atomic mass is 9.99. The second-order valence-electron chi connectivity index (χ2n) is 19.5. The van der Waals surface area contributed by atoms with Crippen LogP contribution in [0.25, 0.3) is 0 Å². The van der Waals surface area contributed by atoms with E-state index in [1.165, 1.54) is 50.5 Å². The zero-order chi connectivity index (χ0) is 51.8. The summed E-state index contributed by atoms with van der Waals surface area (Å²) in [7, 11) is 0. The number of amides is 7. The number of nitrogens with zero attached hydrogens (tertiary/aromatic N) is 2. The van der Waals surface area contributed by atoms with Crippen LogP contribution in [0.3, 0.4) is 0 Å². The van der Waals surface area contributed by atoms with Crippen molar-refractivity contribution in [2.75, 3.05) is 19.7 Å². The third-order valence-corrected chi connectivity index (χ3v) is 13.7. The number of carbonyl (C=O) groups excluding carboxylic acids is 7. The fourth-order valence-electron chi connectivity index (χ4n) is 9.14. The summed E-state index contributed by atoms with van der Waals surface area (Å²) in [5.74, 6) is -7.57. The van der Waals surface area contributed by atoms with Crippen LogP contribution in [0.5, 0.6) is 5.75 Å². The van der Waals surface area contributed by atoms with E-state index in [0.29, 0.717) is 18.4 Å². The minimum atomic E-state index is -2.19. The molecule has 1 aromatic carbocycles. The van der Waals surface area contributed by atoms with Crippen molar-refractivity contribution in [2.24, 2.45) is 11.8 Å². The van der Waals surface area contributed by atoms with Crippen molar-refractivity contribution in [1.82, 2.24) is 36.4 Å². The first-order chi connectivity index (χ1) is 33.2. The van der Waals surface area contributed by atoms with Crippen LogP contribution in [-0.4, -0.2) is 185 Å². The fraction of sp³-hybridized carbons (Fsp3) is 0.729. The van der Waals surface area contributed by atoms with Gasteiger partial charge in [-0.15, -0.1) is 0 Å². The first-order valence-electron chi connectivity index (χ1n) is 24.8. The Labute approximate surface area is 408 Å². The summed E-state index contributed by atoms with van der Waals surface area (Å²) >= 11 is 0. The maximum absolute atomic E-state index is 14.3. The van der Waals surface area contributed by atoms with E-state index in [2.05, 4.69) is 40.4 Å². The molecule has 4 rings (SSSR count). The molecule has 70 heavy (non-hydrogen) atoms. The molecule has 22 heteroatoms. The van der Waals surface area contributed by atoms with E-state index in [1.807, 2.05) is 0 Å². The molecule has 1 aromatic rings. The van der Waals surface area contributed by atoms with Gasteiger partial charge in [0.15, 0.2) is 6.23 Å². The highest BCUT2D eigenvalue weighted by Gasteiger charge is 2.49. The largest absolute Gasteiger partial charge is 0.508 e. The first kappa shape index (κ1) is 57.6. The summed E-state index contributed by atoms with van der Waals surface area (Å²) in [4.78, 5) is 99.4. The molecule has 1 unspecified atom stereocenters. The molecular weight excluding hydrogens is 915 g/mol. The molecule has 7 amide bonds. The van der Waals surface area contributed by atoms with Crippen LogP contribution in [0, 0.1) is 11.8 Å². The van der Waals surface area contributed by atoms with E-state index in [-0.39, 0.29) is 25.1 Å². The summed E-state index contributed by atoms with van der Waals surface area (Å²) in [6.07, 6.45) is -2.14. The number of rotatable bonds is 18. The SMILES string of the molecule is CCC(C)CCCCCCCCCCC(=O)N[C@H]1C[C@@H](O)[C@@H](O)NC(=O)[C@@H]2[C@@H](O)[C@@H](C)CN2C(=O)[C@H](CO)NC(=O)[C@H]([C@@H](O)Cc2ccc(O)cc2)NC(=O)[C@@H]2C[C@@H](O)CN2C(=O)[C@H]([C@@H](C)O)NC1=O. The van der Waals surface area contributed by atoms with Crippen molar-refractivity contribution in [1.29, 1.82) is 0 Å². The number of phenolic OH excluding ortho intramolecular Hbond substituents is 1. The lowest BCUT2D eigenvalue weighted by molar-refractivity contribution is -0.147. The Morgan fingerprint density at radius 2 is 1.36 bits per heavy atom. The van der Waals surface area contributed by atoms with Gasteiger partial charge in [-0.2, -0.15) is 0 Å². The Kier molecular flexibility index (Phi) is 22.7. The minimum absolute atomic E-state index is 0.0340. The standard InChI is InChI=1S/C48H77N7O15/c1-5-26(2)14-12-10-8-6-7-9-11-13-15-37(62)49-32-22-36(61)44(66)53-46(68)40-41(63)27(3)23-55(40)47(69)33(25-56)50-45(67)39(35(60)20-29-16-18-30(58)19-17-29)52-43(65)34-21-31(59)24-54(34)48(70)38(28(4)57)51-42(32)64/h16-19,26-28,31-36,38-41,44,56-61,63,66H,5-15,20-25H2,1-4H3,(H,49,62)(H,50,67)(H,51,64)(H,52,65)(H,53,68)/t26?,27-,28+,31+,32-,33-,34-,35-,36+,38-,39-,40-,41-,44+/m0/s1. The number of unbranched alkanes of at least 4 members (excludes halogenated alkanes) is 7. The second-order valence-corrected chi connectivity index (χ2v) is 19.5. The molecule has 0 aliphatic carbocycles. The highest BCUT2D eigenvalue weighted by atomic mass is 16.3. The van der Waals surface area contributed by atoms with E-state index < -0.39 is 146 Å². The summed E-state index contributed by atoms with van der Waals surface area (Å²) in [6.45, 7) is 5.23. The van der Waals surface area contributed by atoms with Crippen LogP contribution < -0.4 is 26.6 Å². The van der Waals surface area contributed by atoms with Gasteiger partial charge < -0.3 is 77.2 Å². The summed E-state index contributed by atoms with van der Waals surface area (Å²) < 4.78 is 0. The smallest absolute Gasteiger partial charge is 0.248 e. The Morgan fingerprint density at radius 1 is 0.743 bits per heavy atom. The van der Waals surface area contributed by atoms with Crippen LogP contribution in [0.15, 0.2) is 24.3 Å². The number of aliphatic hydroxyl groups excluding tert-OH is 7. The van der Waals surface area contributed by atoms with Crippen molar-refractivity contribution < 1.29 is 74.4 Å². The summed E-state index contributed by atoms with van der Waals surface area (Å²) in [5.41, 5.74) is 0.382. The average Bonchev–Trinajstić information content (AvgIpc) is 3.86.